The lowest BCUT2D eigenvalue weighted by Gasteiger charge is -2.19. The van der Waals surface area contributed by atoms with Crippen molar-refractivity contribution in [1.29, 1.82) is 0 Å². The zero-order valence-corrected chi connectivity index (χ0v) is 14.1. The second kappa shape index (κ2) is 6.75. The molecule has 0 fully saturated rings. The summed E-state index contributed by atoms with van der Waals surface area (Å²) >= 11 is 11.5. The van der Waals surface area contributed by atoms with Gasteiger partial charge in [-0.1, -0.05) is 17.7 Å². The molecule has 1 heterocycles. The maximum atomic E-state index is 6.29. The van der Waals surface area contributed by atoms with E-state index >= 15 is 0 Å². The normalized spacial score (nSPS) is 10.7. The van der Waals surface area contributed by atoms with E-state index in [1.807, 2.05) is 13.1 Å². The maximum absolute atomic E-state index is 6.29. The van der Waals surface area contributed by atoms with Crippen LogP contribution in [0, 0.1) is 0 Å². The molecule has 1 aromatic carbocycles. The Morgan fingerprint density at radius 2 is 2.16 bits per heavy atom. The van der Waals surface area contributed by atoms with Crippen LogP contribution >= 0.6 is 38.9 Å². The fourth-order valence-corrected chi connectivity index (χ4v) is 3.61. The third kappa shape index (κ3) is 3.96. The third-order valence-electron chi connectivity index (χ3n) is 2.86. The lowest BCUT2D eigenvalue weighted by Crippen LogP contribution is -2.15. The van der Waals surface area contributed by atoms with Gasteiger partial charge in [-0.2, -0.15) is 0 Å². The van der Waals surface area contributed by atoms with Crippen LogP contribution in [-0.2, 0) is 13.1 Å². The Hall–Kier alpha value is -0.550. The number of hydrogen-bond donors (Lipinski definition) is 1. The fraction of sp³-hybridized carbons (Fsp3) is 0.286. The highest BCUT2D eigenvalue weighted by Crippen LogP contribution is 2.26. The van der Waals surface area contributed by atoms with Crippen LogP contribution in [0.2, 0.25) is 5.02 Å². The topological polar surface area (TPSA) is 15.3 Å². The SMILES string of the molecule is CNCc1ccc(N(C)Cc2cc(Br)cs2)cc1Cl. The highest BCUT2D eigenvalue weighted by molar-refractivity contribution is 9.10. The Labute approximate surface area is 131 Å². The Morgan fingerprint density at radius 3 is 2.74 bits per heavy atom. The number of benzene rings is 1. The molecule has 0 atom stereocenters. The Balaban J connectivity index is 2.10. The molecule has 19 heavy (non-hydrogen) atoms. The van der Waals surface area contributed by atoms with E-state index in [1.54, 1.807) is 11.3 Å². The van der Waals surface area contributed by atoms with E-state index in [4.69, 9.17) is 11.6 Å². The van der Waals surface area contributed by atoms with Crippen LogP contribution in [0.5, 0.6) is 0 Å². The standard InChI is InChI=1S/C14H16BrClN2S/c1-17-7-10-3-4-12(6-14(10)16)18(2)8-13-5-11(15)9-19-13/h3-6,9,17H,7-8H2,1-2H3. The Bertz CT molecular complexity index is 556. The smallest absolute Gasteiger partial charge is 0.0519 e. The molecule has 0 aliphatic heterocycles. The molecule has 2 nitrogen and oxygen atoms in total. The van der Waals surface area contributed by atoms with Crippen molar-refractivity contribution in [3.05, 3.63) is 49.6 Å². The van der Waals surface area contributed by atoms with Crippen LogP contribution in [0.4, 0.5) is 5.69 Å². The summed E-state index contributed by atoms with van der Waals surface area (Å²) in [5, 5.41) is 6.03. The van der Waals surface area contributed by atoms with Crippen LogP contribution in [0.25, 0.3) is 0 Å². The van der Waals surface area contributed by atoms with E-state index in [0.717, 1.165) is 33.8 Å². The van der Waals surface area contributed by atoms with Gasteiger partial charge >= 0.3 is 0 Å². The van der Waals surface area contributed by atoms with Crippen molar-refractivity contribution >= 4 is 44.6 Å². The average Bonchev–Trinajstić information content (AvgIpc) is 2.77. The van der Waals surface area contributed by atoms with E-state index in [9.17, 15) is 0 Å². The van der Waals surface area contributed by atoms with E-state index in [2.05, 4.69) is 56.8 Å². The lowest BCUT2D eigenvalue weighted by molar-refractivity contribution is 0.817. The van der Waals surface area contributed by atoms with Gasteiger partial charge in [-0.15, -0.1) is 11.3 Å². The monoisotopic (exact) mass is 358 g/mol. The van der Waals surface area contributed by atoms with Crippen molar-refractivity contribution in [1.82, 2.24) is 5.32 Å². The molecule has 0 saturated carbocycles. The number of anilines is 1. The summed E-state index contributed by atoms with van der Waals surface area (Å²) < 4.78 is 1.14. The van der Waals surface area contributed by atoms with Crippen molar-refractivity contribution in [2.75, 3.05) is 19.0 Å². The second-order valence-electron chi connectivity index (χ2n) is 4.39. The van der Waals surface area contributed by atoms with Crippen molar-refractivity contribution < 1.29 is 0 Å². The number of halogens is 2. The average molecular weight is 360 g/mol. The van der Waals surface area contributed by atoms with Crippen LogP contribution in [0.3, 0.4) is 0 Å². The van der Waals surface area contributed by atoms with Crippen LogP contribution in [-0.4, -0.2) is 14.1 Å². The minimum Gasteiger partial charge on any atom is -0.369 e. The molecular weight excluding hydrogens is 344 g/mol. The predicted octanol–water partition coefficient (Wildman–Crippen LogP) is 4.52. The Kier molecular flexibility index (Phi) is 5.28. The zero-order chi connectivity index (χ0) is 13.8. The molecule has 0 aliphatic rings. The van der Waals surface area contributed by atoms with E-state index in [-0.39, 0.29) is 0 Å². The van der Waals surface area contributed by atoms with Crippen molar-refractivity contribution in [2.24, 2.45) is 0 Å². The molecule has 1 aromatic heterocycles. The van der Waals surface area contributed by atoms with Crippen LogP contribution < -0.4 is 10.2 Å². The van der Waals surface area contributed by atoms with Gasteiger partial charge in [0.1, 0.15) is 0 Å². The minimum absolute atomic E-state index is 0.792. The number of hydrogen-bond acceptors (Lipinski definition) is 3. The summed E-state index contributed by atoms with van der Waals surface area (Å²) in [6.45, 7) is 1.68. The van der Waals surface area contributed by atoms with Gasteiger partial charge in [0, 0.05) is 39.0 Å². The molecule has 0 saturated heterocycles. The molecule has 2 rings (SSSR count). The van der Waals surface area contributed by atoms with Gasteiger partial charge in [-0.25, -0.2) is 0 Å². The van der Waals surface area contributed by atoms with Gasteiger partial charge in [0.15, 0.2) is 0 Å². The van der Waals surface area contributed by atoms with E-state index < -0.39 is 0 Å². The Morgan fingerprint density at radius 1 is 1.37 bits per heavy atom. The van der Waals surface area contributed by atoms with Crippen LogP contribution in [0.15, 0.2) is 34.1 Å². The summed E-state index contributed by atoms with van der Waals surface area (Å²) in [4.78, 5) is 3.53. The summed E-state index contributed by atoms with van der Waals surface area (Å²) in [7, 11) is 4.00. The fourth-order valence-electron chi connectivity index (χ4n) is 1.87. The zero-order valence-electron chi connectivity index (χ0n) is 10.9. The third-order valence-corrected chi connectivity index (χ3v) is 4.89. The van der Waals surface area contributed by atoms with Crippen molar-refractivity contribution in [3.63, 3.8) is 0 Å². The van der Waals surface area contributed by atoms with Gasteiger partial charge in [0.2, 0.25) is 0 Å². The molecule has 0 radical (unpaired) electrons. The highest BCUT2D eigenvalue weighted by atomic mass is 79.9. The molecule has 1 N–H and O–H groups in total. The minimum atomic E-state index is 0.792. The van der Waals surface area contributed by atoms with E-state index in [0.29, 0.717) is 0 Å². The first-order valence-corrected chi connectivity index (χ1v) is 8.02. The quantitative estimate of drug-likeness (QED) is 0.844. The molecule has 0 amide bonds. The molecule has 0 spiro atoms. The molecule has 0 bridgehead atoms. The molecule has 2 aromatic rings. The largest absolute Gasteiger partial charge is 0.369 e. The maximum Gasteiger partial charge on any atom is 0.0519 e. The van der Waals surface area contributed by atoms with Gasteiger partial charge in [-0.05, 0) is 46.7 Å². The molecule has 102 valence electrons. The van der Waals surface area contributed by atoms with Crippen molar-refractivity contribution in [2.45, 2.75) is 13.1 Å². The number of rotatable bonds is 5. The van der Waals surface area contributed by atoms with Gasteiger partial charge in [0.05, 0.1) is 6.54 Å². The predicted molar refractivity (Wildman–Crippen MR) is 88.3 cm³/mol. The molecule has 0 aliphatic carbocycles. The molecule has 0 unspecified atom stereocenters. The summed E-state index contributed by atoms with van der Waals surface area (Å²) in [6.07, 6.45) is 0. The number of thiophene rings is 1. The first-order chi connectivity index (χ1) is 9.10. The van der Waals surface area contributed by atoms with Gasteiger partial charge < -0.3 is 10.2 Å². The van der Waals surface area contributed by atoms with Gasteiger partial charge in [0.25, 0.3) is 0 Å². The van der Waals surface area contributed by atoms with Crippen LogP contribution in [0.1, 0.15) is 10.4 Å². The first-order valence-electron chi connectivity index (χ1n) is 5.97. The number of nitrogens with one attached hydrogen (secondary N) is 1. The summed E-state index contributed by atoms with van der Waals surface area (Å²) in [6, 6.07) is 8.37. The molecular formula is C14H16BrClN2S. The van der Waals surface area contributed by atoms with E-state index in [1.165, 1.54) is 4.88 Å². The second-order valence-corrected chi connectivity index (χ2v) is 6.71. The number of nitrogens with zero attached hydrogens (tertiary/aromatic N) is 1. The van der Waals surface area contributed by atoms with Crippen molar-refractivity contribution in [3.8, 4) is 0 Å². The highest BCUT2D eigenvalue weighted by Gasteiger charge is 2.07. The van der Waals surface area contributed by atoms with Gasteiger partial charge in [-0.3, -0.25) is 0 Å². The molecule has 5 heteroatoms. The summed E-state index contributed by atoms with van der Waals surface area (Å²) in [5.74, 6) is 0. The lowest BCUT2D eigenvalue weighted by atomic mass is 10.2. The summed E-state index contributed by atoms with van der Waals surface area (Å²) in [5.41, 5.74) is 2.26. The first kappa shape index (κ1) is 14.9.